The van der Waals surface area contributed by atoms with Crippen LogP contribution in [0, 0.1) is 0 Å². The maximum Gasteiger partial charge on any atom is 0.306 e. The van der Waals surface area contributed by atoms with Gasteiger partial charge in [0.2, 0.25) is 0 Å². The average molecular weight is 1020 g/mol. The van der Waals surface area contributed by atoms with Gasteiger partial charge in [0.15, 0.2) is 6.10 Å². The summed E-state index contributed by atoms with van der Waals surface area (Å²) >= 11 is 0. The third-order valence-electron chi connectivity index (χ3n) is 13.4. The molecule has 0 N–H and O–H groups in total. The molecule has 0 saturated carbocycles. The minimum Gasteiger partial charge on any atom is -0.462 e. The Kier molecular flexibility index (Phi) is 58.3. The van der Waals surface area contributed by atoms with Gasteiger partial charge < -0.3 is 14.2 Å². The molecule has 0 spiro atoms. The first-order valence-electron chi connectivity index (χ1n) is 31.1. The van der Waals surface area contributed by atoms with Crippen molar-refractivity contribution in [1.82, 2.24) is 0 Å². The molecule has 0 rings (SSSR count). The molecule has 0 aromatic carbocycles. The van der Waals surface area contributed by atoms with Crippen molar-refractivity contribution in [2.75, 3.05) is 13.2 Å². The first kappa shape index (κ1) is 69.6. The standard InChI is InChI=1S/C67H116O6/c1-4-7-10-13-16-19-22-25-27-28-29-30-31-32-33-34-35-36-37-38-40-42-45-48-51-54-57-60-66(69)72-63-64(62-71-65(68)59-56-53-50-47-44-41-24-21-18-15-12-9-6-3)73-67(70)61-58-55-52-49-46-43-39-26-23-20-17-14-11-8-5-2/h8,11,17,20,22,25-26,28-29,31-32,39,46,49,64H,4-7,9-10,12-16,18-19,21,23-24,27,30,33-38,40-45,47-48,50-63H2,1-3H3/b11-8-,20-17-,25-22-,29-28-,32-31-,39-26-,49-46-. The van der Waals surface area contributed by atoms with E-state index in [0.717, 1.165) is 89.9 Å². The SMILES string of the molecule is CC/C=C\C/C=C\C/C=C\C/C=C\CCCCC(=O)OC(COC(=O)CCCCCCCCCCCCCCC)COC(=O)CCCCCCCCCCCCCC/C=C\C/C=C\C/C=C\CCCCCCC. The highest BCUT2D eigenvalue weighted by Crippen LogP contribution is 2.16. The van der Waals surface area contributed by atoms with E-state index in [1.807, 2.05) is 0 Å². The number of carbonyl (C=O) groups is 3. The fraction of sp³-hybridized carbons (Fsp3) is 0.746. The molecule has 1 atom stereocenters. The Hall–Kier alpha value is -3.41. The predicted octanol–water partition coefficient (Wildman–Crippen LogP) is 21.1. The largest absolute Gasteiger partial charge is 0.462 e. The zero-order valence-corrected chi connectivity index (χ0v) is 48.1. The van der Waals surface area contributed by atoms with Crippen LogP contribution < -0.4 is 0 Å². The number of carbonyl (C=O) groups excluding carboxylic acids is 3. The molecule has 0 aromatic heterocycles. The molecule has 0 saturated heterocycles. The Morgan fingerprint density at radius 1 is 0.288 bits per heavy atom. The van der Waals surface area contributed by atoms with Crippen molar-refractivity contribution in [3.63, 3.8) is 0 Å². The van der Waals surface area contributed by atoms with Crippen LogP contribution in [0.3, 0.4) is 0 Å². The van der Waals surface area contributed by atoms with Crippen LogP contribution >= 0.6 is 0 Å². The van der Waals surface area contributed by atoms with E-state index in [4.69, 9.17) is 14.2 Å². The second-order valence-electron chi connectivity index (χ2n) is 20.6. The summed E-state index contributed by atoms with van der Waals surface area (Å²) < 4.78 is 16.9. The van der Waals surface area contributed by atoms with Crippen LogP contribution in [0.25, 0.3) is 0 Å². The molecular weight excluding hydrogens is 901 g/mol. The Morgan fingerprint density at radius 3 is 0.863 bits per heavy atom. The van der Waals surface area contributed by atoms with Crippen LogP contribution in [-0.2, 0) is 28.6 Å². The number of hydrogen-bond acceptors (Lipinski definition) is 6. The zero-order valence-electron chi connectivity index (χ0n) is 48.1. The Balaban J connectivity index is 4.29. The smallest absolute Gasteiger partial charge is 0.306 e. The quantitative estimate of drug-likeness (QED) is 0.0261. The Morgan fingerprint density at radius 2 is 0.534 bits per heavy atom. The first-order chi connectivity index (χ1) is 36.0. The molecule has 0 amide bonds. The zero-order chi connectivity index (χ0) is 52.9. The maximum absolute atomic E-state index is 12.8. The van der Waals surface area contributed by atoms with Gasteiger partial charge in [-0.15, -0.1) is 0 Å². The van der Waals surface area contributed by atoms with Gasteiger partial charge in [0.05, 0.1) is 0 Å². The van der Waals surface area contributed by atoms with Crippen LogP contribution in [0.5, 0.6) is 0 Å². The molecule has 6 nitrogen and oxygen atoms in total. The molecule has 420 valence electrons. The van der Waals surface area contributed by atoms with Crippen molar-refractivity contribution >= 4 is 17.9 Å². The van der Waals surface area contributed by atoms with Crippen molar-refractivity contribution < 1.29 is 28.6 Å². The first-order valence-corrected chi connectivity index (χ1v) is 31.1. The Labute approximate surface area is 452 Å². The number of hydrogen-bond donors (Lipinski definition) is 0. The van der Waals surface area contributed by atoms with Gasteiger partial charge in [0.1, 0.15) is 13.2 Å². The second-order valence-corrected chi connectivity index (χ2v) is 20.6. The number of allylic oxidation sites excluding steroid dienone is 14. The molecule has 0 radical (unpaired) electrons. The molecule has 6 heteroatoms. The van der Waals surface area contributed by atoms with Gasteiger partial charge in [0.25, 0.3) is 0 Å². The topological polar surface area (TPSA) is 78.9 Å². The van der Waals surface area contributed by atoms with Gasteiger partial charge in [0, 0.05) is 19.3 Å². The maximum atomic E-state index is 12.8. The van der Waals surface area contributed by atoms with Gasteiger partial charge in [-0.2, -0.15) is 0 Å². The second kappa shape index (κ2) is 61.1. The number of rotatable bonds is 56. The summed E-state index contributed by atoms with van der Waals surface area (Å²) in [6.07, 6.45) is 80.2. The van der Waals surface area contributed by atoms with E-state index < -0.39 is 6.10 Å². The third-order valence-corrected chi connectivity index (χ3v) is 13.4. The van der Waals surface area contributed by atoms with Crippen LogP contribution in [0.15, 0.2) is 85.1 Å². The van der Waals surface area contributed by atoms with Gasteiger partial charge in [-0.3, -0.25) is 14.4 Å². The minimum atomic E-state index is -0.798. The minimum absolute atomic E-state index is 0.0911. The summed E-state index contributed by atoms with van der Waals surface area (Å²) in [5.74, 6) is -0.925. The highest BCUT2D eigenvalue weighted by Gasteiger charge is 2.19. The number of esters is 3. The molecule has 0 aliphatic carbocycles. The molecule has 73 heavy (non-hydrogen) atoms. The summed E-state index contributed by atoms with van der Waals surface area (Å²) in [5.41, 5.74) is 0. The molecule has 0 heterocycles. The van der Waals surface area contributed by atoms with Crippen molar-refractivity contribution in [3.8, 4) is 0 Å². The van der Waals surface area contributed by atoms with E-state index in [2.05, 4.69) is 106 Å². The molecular formula is C67H116O6. The van der Waals surface area contributed by atoms with Gasteiger partial charge in [-0.1, -0.05) is 273 Å². The molecule has 0 aliphatic heterocycles. The monoisotopic (exact) mass is 1020 g/mol. The summed E-state index contributed by atoms with van der Waals surface area (Å²) in [6, 6.07) is 0. The lowest BCUT2D eigenvalue weighted by Crippen LogP contribution is -2.30. The normalized spacial score (nSPS) is 12.6. The van der Waals surface area contributed by atoms with Gasteiger partial charge >= 0.3 is 17.9 Å². The molecule has 0 aromatic rings. The lowest BCUT2D eigenvalue weighted by molar-refractivity contribution is -0.167. The summed E-state index contributed by atoms with van der Waals surface area (Å²) in [4.78, 5) is 38.2. The lowest BCUT2D eigenvalue weighted by atomic mass is 10.0. The van der Waals surface area contributed by atoms with Crippen LogP contribution in [0.4, 0.5) is 0 Å². The molecule has 0 fully saturated rings. The average Bonchev–Trinajstić information content (AvgIpc) is 3.39. The van der Waals surface area contributed by atoms with E-state index in [1.54, 1.807) is 0 Å². The summed E-state index contributed by atoms with van der Waals surface area (Å²) in [7, 11) is 0. The van der Waals surface area contributed by atoms with E-state index in [1.165, 1.54) is 167 Å². The Bertz CT molecular complexity index is 1400. The van der Waals surface area contributed by atoms with E-state index in [-0.39, 0.29) is 37.5 Å². The van der Waals surface area contributed by atoms with Crippen LogP contribution in [0.1, 0.15) is 303 Å². The van der Waals surface area contributed by atoms with Gasteiger partial charge in [-0.05, 0) is 96.3 Å². The fourth-order valence-corrected chi connectivity index (χ4v) is 8.74. The number of ether oxygens (including phenoxy) is 3. The van der Waals surface area contributed by atoms with E-state index in [9.17, 15) is 14.4 Å². The fourth-order valence-electron chi connectivity index (χ4n) is 8.74. The highest BCUT2D eigenvalue weighted by molar-refractivity contribution is 5.71. The van der Waals surface area contributed by atoms with Gasteiger partial charge in [-0.25, -0.2) is 0 Å². The van der Waals surface area contributed by atoms with Crippen molar-refractivity contribution in [3.05, 3.63) is 85.1 Å². The van der Waals surface area contributed by atoms with Crippen LogP contribution in [-0.4, -0.2) is 37.2 Å². The molecule has 0 aliphatic rings. The number of unbranched alkanes of at least 4 members (excludes halogenated alkanes) is 31. The lowest BCUT2D eigenvalue weighted by Gasteiger charge is -2.18. The van der Waals surface area contributed by atoms with E-state index in [0.29, 0.717) is 19.3 Å². The van der Waals surface area contributed by atoms with E-state index >= 15 is 0 Å². The third kappa shape index (κ3) is 59.3. The van der Waals surface area contributed by atoms with Crippen molar-refractivity contribution in [2.24, 2.45) is 0 Å². The van der Waals surface area contributed by atoms with Crippen molar-refractivity contribution in [2.45, 2.75) is 309 Å². The summed E-state index contributed by atoms with van der Waals surface area (Å²) in [5, 5.41) is 0. The highest BCUT2D eigenvalue weighted by atomic mass is 16.6. The molecule has 1 unspecified atom stereocenters. The molecule has 0 bridgehead atoms. The van der Waals surface area contributed by atoms with Crippen molar-refractivity contribution in [1.29, 1.82) is 0 Å². The predicted molar refractivity (Wildman–Crippen MR) is 316 cm³/mol. The van der Waals surface area contributed by atoms with Crippen LogP contribution in [0.2, 0.25) is 0 Å². The summed E-state index contributed by atoms with van der Waals surface area (Å²) in [6.45, 7) is 6.50.